The first-order valence-electron chi connectivity index (χ1n) is 8.67. The molecule has 0 atom stereocenters. The molecule has 0 radical (unpaired) electrons. The van der Waals surface area contributed by atoms with E-state index in [-0.39, 0.29) is 6.79 Å². The summed E-state index contributed by atoms with van der Waals surface area (Å²) in [4.78, 5) is 12.2. The first-order valence-corrected chi connectivity index (χ1v) is 8.67. The lowest BCUT2D eigenvalue weighted by Gasteiger charge is -2.08. The van der Waals surface area contributed by atoms with E-state index in [1.54, 1.807) is 11.8 Å². The highest BCUT2D eigenvalue weighted by atomic mass is 16.7. The molecule has 1 amide bonds. The van der Waals surface area contributed by atoms with Crippen LogP contribution in [0.5, 0.6) is 23.0 Å². The van der Waals surface area contributed by atoms with Crippen molar-refractivity contribution in [2.24, 2.45) is 0 Å². The summed E-state index contributed by atoms with van der Waals surface area (Å²) in [7, 11) is 1.61. The summed E-state index contributed by atoms with van der Waals surface area (Å²) in [5.74, 6) is 2.52. The minimum atomic E-state index is -0.560. The van der Waals surface area contributed by atoms with Crippen LogP contribution < -0.4 is 24.3 Å². The molecule has 0 fully saturated rings. The zero-order valence-electron chi connectivity index (χ0n) is 15.5. The Morgan fingerprint density at radius 3 is 2.75 bits per heavy atom. The molecule has 8 nitrogen and oxygen atoms in total. The molecule has 0 saturated carbocycles. The van der Waals surface area contributed by atoms with Gasteiger partial charge in [-0.25, -0.2) is 9.48 Å². The van der Waals surface area contributed by atoms with E-state index < -0.39 is 6.09 Å². The molecule has 1 aromatic heterocycles. The van der Waals surface area contributed by atoms with Gasteiger partial charge in [0.2, 0.25) is 6.79 Å². The number of amides is 1. The third kappa shape index (κ3) is 3.57. The van der Waals surface area contributed by atoms with Crippen LogP contribution in [0.3, 0.4) is 0 Å². The van der Waals surface area contributed by atoms with Crippen LogP contribution in [0.4, 0.5) is 4.79 Å². The van der Waals surface area contributed by atoms with Crippen molar-refractivity contribution >= 4 is 6.09 Å². The second kappa shape index (κ2) is 7.51. The highest BCUT2D eigenvalue weighted by Gasteiger charge is 2.15. The second-order valence-electron chi connectivity index (χ2n) is 6.13. The van der Waals surface area contributed by atoms with E-state index in [9.17, 15) is 4.79 Å². The van der Waals surface area contributed by atoms with Gasteiger partial charge in [0.25, 0.3) is 0 Å². The highest BCUT2D eigenvalue weighted by Crippen LogP contribution is 2.32. The minimum Gasteiger partial charge on any atom is -0.497 e. The Hall–Kier alpha value is -3.68. The fraction of sp³-hybridized carbons (Fsp3) is 0.200. The maximum absolute atomic E-state index is 12.2. The monoisotopic (exact) mass is 381 g/mol. The van der Waals surface area contributed by atoms with Crippen LogP contribution in [0.15, 0.2) is 48.7 Å². The van der Waals surface area contributed by atoms with E-state index in [0.29, 0.717) is 29.5 Å². The van der Waals surface area contributed by atoms with E-state index in [2.05, 4.69) is 10.4 Å². The first kappa shape index (κ1) is 17.7. The quantitative estimate of drug-likeness (QED) is 0.731. The summed E-state index contributed by atoms with van der Waals surface area (Å²) >= 11 is 0. The largest absolute Gasteiger partial charge is 0.497 e. The molecule has 0 unspecified atom stereocenters. The summed E-state index contributed by atoms with van der Waals surface area (Å²) < 4.78 is 22.8. The van der Waals surface area contributed by atoms with E-state index in [4.69, 9.17) is 18.9 Å². The molecule has 4 rings (SSSR count). The number of ether oxygens (including phenoxy) is 4. The zero-order valence-corrected chi connectivity index (χ0v) is 15.5. The Labute approximate surface area is 161 Å². The molecule has 0 spiro atoms. The smallest absolute Gasteiger partial charge is 0.412 e. The lowest BCUT2D eigenvalue weighted by atomic mass is 10.2. The van der Waals surface area contributed by atoms with E-state index in [0.717, 1.165) is 17.0 Å². The lowest BCUT2D eigenvalue weighted by Crippen LogP contribution is -2.26. The summed E-state index contributed by atoms with van der Waals surface area (Å²) in [5.41, 5.74) is 2.43. The molecule has 28 heavy (non-hydrogen) atoms. The van der Waals surface area contributed by atoms with Crippen LogP contribution in [0.2, 0.25) is 0 Å². The highest BCUT2D eigenvalue weighted by molar-refractivity contribution is 5.70. The Morgan fingerprint density at radius 1 is 1.18 bits per heavy atom. The third-order valence-electron chi connectivity index (χ3n) is 4.36. The van der Waals surface area contributed by atoms with Crippen molar-refractivity contribution < 1.29 is 23.7 Å². The van der Waals surface area contributed by atoms with Gasteiger partial charge >= 0.3 is 6.09 Å². The fourth-order valence-corrected chi connectivity index (χ4v) is 2.84. The van der Waals surface area contributed by atoms with Gasteiger partial charge in [0.1, 0.15) is 5.75 Å². The molecular weight excluding hydrogens is 362 g/mol. The van der Waals surface area contributed by atoms with Gasteiger partial charge in [0.15, 0.2) is 17.2 Å². The number of hydrogen-bond donors (Lipinski definition) is 1. The maximum Gasteiger partial charge on any atom is 0.412 e. The van der Waals surface area contributed by atoms with Gasteiger partial charge in [0.05, 0.1) is 24.7 Å². The predicted molar refractivity (Wildman–Crippen MR) is 100 cm³/mol. The average molecular weight is 381 g/mol. The standard InChI is InChI=1S/C20H19N3O5/c1-13-19(11-22-23(13)15-4-6-16(25-2)7-5-15)28-20(24)21-10-14-3-8-17-18(9-14)27-12-26-17/h3-9,11H,10,12H2,1-2H3,(H,21,24). The van der Waals surface area contributed by atoms with Gasteiger partial charge < -0.3 is 24.3 Å². The third-order valence-corrected chi connectivity index (χ3v) is 4.36. The zero-order chi connectivity index (χ0) is 19.5. The molecule has 8 heteroatoms. The van der Waals surface area contributed by atoms with E-state index >= 15 is 0 Å². The Morgan fingerprint density at radius 2 is 1.96 bits per heavy atom. The van der Waals surface area contributed by atoms with Gasteiger partial charge in [-0.15, -0.1) is 0 Å². The van der Waals surface area contributed by atoms with Crippen molar-refractivity contribution in [3.8, 4) is 28.7 Å². The molecule has 0 aliphatic carbocycles. The number of hydrogen-bond acceptors (Lipinski definition) is 6. The first-order chi connectivity index (χ1) is 13.6. The summed E-state index contributed by atoms with van der Waals surface area (Å²) in [6.45, 7) is 2.35. The van der Waals surface area contributed by atoms with Crippen molar-refractivity contribution in [2.75, 3.05) is 13.9 Å². The van der Waals surface area contributed by atoms with Crippen LogP contribution in [0, 0.1) is 6.92 Å². The van der Waals surface area contributed by atoms with Crippen LogP contribution >= 0.6 is 0 Å². The number of nitrogens with zero attached hydrogens (tertiary/aromatic N) is 2. The van der Waals surface area contributed by atoms with Gasteiger partial charge in [-0.1, -0.05) is 6.07 Å². The number of carbonyl (C=O) groups is 1. The maximum atomic E-state index is 12.2. The second-order valence-corrected chi connectivity index (χ2v) is 6.13. The Kier molecular flexibility index (Phi) is 4.76. The van der Waals surface area contributed by atoms with Gasteiger partial charge in [-0.05, 0) is 48.9 Å². The number of methoxy groups -OCH3 is 1. The Balaban J connectivity index is 1.38. The molecule has 144 valence electrons. The van der Waals surface area contributed by atoms with Gasteiger partial charge in [-0.2, -0.15) is 5.10 Å². The Bertz CT molecular complexity index is 998. The van der Waals surface area contributed by atoms with Crippen LogP contribution in [0.25, 0.3) is 5.69 Å². The van der Waals surface area contributed by atoms with Crippen LogP contribution in [-0.4, -0.2) is 29.8 Å². The number of aromatic nitrogens is 2. The molecule has 0 bridgehead atoms. The van der Waals surface area contributed by atoms with E-state index in [1.807, 2.05) is 49.4 Å². The summed E-state index contributed by atoms with van der Waals surface area (Å²) in [6.07, 6.45) is 0.953. The fourth-order valence-electron chi connectivity index (χ4n) is 2.84. The molecule has 2 heterocycles. The van der Waals surface area contributed by atoms with Crippen molar-refractivity contribution in [3.05, 3.63) is 59.9 Å². The van der Waals surface area contributed by atoms with Gasteiger partial charge in [0, 0.05) is 6.54 Å². The molecule has 2 aromatic carbocycles. The number of benzene rings is 2. The summed E-state index contributed by atoms with van der Waals surface area (Å²) in [6, 6.07) is 12.9. The lowest BCUT2D eigenvalue weighted by molar-refractivity contribution is 0.174. The molecule has 3 aromatic rings. The number of nitrogens with one attached hydrogen (secondary N) is 1. The van der Waals surface area contributed by atoms with Crippen molar-refractivity contribution in [2.45, 2.75) is 13.5 Å². The molecule has 0 saturated heterocycles. The number of rotatable bonds is 5. The SMILES string of the molecule is COc1ccc(-n2ncc(OC(=O)NCc3ccc4c(c3)OCO4)c2C)cc1. The van der Waals surface area contributed by atoms with Gasteiger partial charge in [-0.3, -0.25) is 0 Å². The number of carbonyl (C=O) groups excluding carboxylic acids is 1. The van der Waals surface area contributed by atoms with Crippen molar-refractivity contribution in [1.82, 2.24) is 15.1 Å². The molecular formula is C20H19N3O5. The van der Waals surface area contributed by atoms with Crippen LogP contribution in [-0.2, 0) is 6.54 Å². The van der Waals surface area contributed by atoms with Crippen molar-refractivity contribution in [1.29, 1.82) is 0 Å². The van der Waals surface area contributed by atoms with Crippen molar-refractivity contribution in [3.63, 3.8) is 0 Å². The normalized spacial score (nSPS) is 11.9. The van der Waals surface area contributed by atoms with Crippen LogP contribution in [0.1, 0.15) is 11.3 Å². The molecule has 1 aliphatic rings. The molecule has 1 N–H and O–H groups in total. The van der Waals surface area contributed by atoms with E-state index in [1.165, 1.54) is 6.20 Å². The minimum absolute atomic E-state index is 0.214. The topological polar surface area (TPSA) is 83.8 Å². The predicted octanol–water partition coefficient (Wildman–Crippen LogP) is 3.21. The average Bonchev–Trinajstić information content (AvgIpc) is 3.33. The number of fused-ring (bicyclic) bond motifs is 1. The molecule has 1 aliphatic heterocycles. The summed E-state index contributed by atoms with van der Waals surface area (Å²) in [5, 5.41) is 7.01.